The Bertz CT molecular complexity index is 332. The molecule has 0 fully saturated rings. The molecule has 0 aliphatic rings. The van der Waals surface area contributed by atoms with Gasteiger partial charge in [-0.25, -0.2) is 4.99 Å². The highest BCUT2D eigenvalue weighted by Gasteiger charge is 2.02. The summed E-state index contributed by atoms with van der Waals surface area (Å²) in [5, 5.41) is 0.999. The molecule has 0 radical (unpaired) electrons. The van der Waals surface area contributed by atoms with E-state index < -0.39 is 0 Å². The number of benzene rings is 1. The zero-order valence-corrected chi connectivity index (χ0v) is 8.31. The standard InChI is InChI=1S/C8H9Cl2N3/c9-6-3-1-2-5(7(6)10)4-13-8(11)12/h1-3H,4H2,(H4,11,12,13). The lowest BCUT2D eigenvalue weighted by molar-refractivity contribution is 1.05. The van der Waals surface area contributed by atoms with Gasteiger partial charge < -0.3 is 11.5 Å². The number of halogens is 2. The Balaban J connectivity index is 2.89. The van der Waals surface area contributed by atoms with Crippen LogP contribution >= 0.6 is 23.2 Å². The second-order valence-corrected chi connectivity index (χ2v) is 3.24. The molecule has 0 saturated heterocycles. The Morgan fingerprint density at radius 2 is 2.00 bits per heavy atom. The van der Waals surface area contributed by atoms with Gasteiger partial charge in [-0.2, -0.15) is 0 Å². The molecular weight excluding hydrogens is 209 g/mol. The quantitative estimate of drug-likeness (QED) is 0.586. The molecule has 0 aromatic heterocycles. The second-order valence-electron chi connectivity index (χ2n) is 2.45. The van der Waals surface area contributed by atoms with E-state index in [2.05, 4.69) is 4.99 Å². The number of hydrogen-bond donors (Lipinski definition) is 2. The van der Waals surface area contributed by atoms with Crippen molar-refractivity contribution < 1.29 is 0 Å². The molecule has 1 aromatic carbocycles. The van der Waals surface area contributed by atoms with E-state index in [9.17, 15) is 0 Å². The first-order valence-corrected chi connectivity index (χ1v) is 4.35. The maximum atomic E-state index is 5.89. The zero-order valence-electron chi connectivity index (χ0n) is 6.80. The molecule has 70 valence electrons. The lowest BCUT2D eigenvalue weighted by Crippen LogP contribution is -2.22. The van der Waals surface area contributed by atoms with Crippen LogP contribution < -0.4 is 11.5 Å². The Morgan fingerprint density at radius 3 is 2.62 bits per heavy atom. The van der Waals surface area contributed by atoms with Crippen molar-refractivity contribution in [1.82, 2.24) is 0 Å². The summed E-state index contributed by atoms with van der Waals surface area (Å²) in [6, 6.07) is 5.33. The van der Waals surface area contributed by atoms with Gasteiger partial charge >= 0.3 is 0 Å². The van der Waals surface area contributed by atoms with Crippen molar-refractivity contribution >= 4 is 29.2 Å². The van der Waals surface area contributed by atoms with Gasteiger partial charge in [0.05, 0.1) is 16.6 Å². The SMILES string of the molecule is NC(N)=NCc1cccc(Cl)c1Cl. The minimum Gasteiger partial charge on any atom is -0.370 e. The highest BCUT2D eigenvalue weighted by atomic mass is 35.5. The van der Waals surface area contributed by atoms with Gasteiger partial charge in [-0.05, 0) is 11.6 Å². The van der Waals surface area contributed by atoms with Crippen molar-refractivity contribution in [3.8, 4) is 0 Å². The molecule has 0 heterocycles. The third-order valence-corrected chi connectivity index (χ3v) is 2.32. The highest BCUT2D eigenvalue weighted by molar-refractivity contribution is 6.42. The summed E-state index contributed by atoms with van der Waals surface area (Å²) in [5.74, 6) is 0.0380. The summed E-state index contributed by atoms with van der Waals surface area (Å²) in [7, 11) is 0. The van der Waals surface area contributed by atoms with E-state index in [1.54, 1.807) is 12.1 Å². The number of nitrogens with zero attached hydrogens (tertiary/aromatic N) is 1. The van der Waals surface area contributed by atoms with Crippen LogP contribution in [0.3, 0.4) is 0 Å². The largest absolute Gasteiger partial charge is 0.370 e. The zero-order chi connectivity index (χ0) is 9.84. The molecule has 1 aromatic rings. The third-order valence-electron chi connectivity index (χ3n) is 1.46. The second kappa shape index (κ2) is 4.35. The topological polar surface area (TPSA) is 64.4 Å². The molecule has 0 amide bonds. The predicted octanol–water partition coefficient (Wildman–Crippen LogP) is 1.77. The molecule has 3 nitrogen and oxygen atoms in total. The summed E-state index contributed by atoms with van der Waals surface area (Å²) in [5.41, 5.74) is 11.2. The molecule has 0 saturated carbocycles. The van der Waals surface area contributed by atoms with Crippen molar-refractivity contribution in [3.63, 3.8) is 0 Å². The van der Waals surface area contributed by atoms with Gasteiger partial charge in [0.25, 0.3) is 0 Å². The number of aliphatic imine (C=N–C) groups is 1. The van der Waals surface area contributed by atoms with Gasteiger partial charge in [-0.15, -0.1) is 0 Å². The molecule has 0 bridgehead atoms. The molecule has 5 heteroatoms. The monoisotopic (exact) mass is 217 g/mol. The minimum absolute atomic E-state index is 0.0380. The van der Waals surface area contributed by atoms with Crippen LogP contribution in [0.2, 0.25) is 10.0 Å². The van der Waals surface area contributed by atoms with Gasteiger partial charge in [-0.1, -0.05) is 35.3 Å². The average Bonchev–Trinajstić information content (AvgIpc) is 2.07. The Kier molecular flexibility index (Phi) is 3.39. The Hall–Kier alpha value is -0.930. The first-order chi connectivity index (χ1) is 6.11. The fraction of sp³-hybridized carbons (Fsp3) is 0.125. The van der Waals surface area contributed by atoms with Gasteiger partial charge in [0, 0.05) is 0 Å². The van der Waals surface area contributed by atoms with E-state index >= 15 is 0 Å². The first kappa shape index (κ1) is 10.2. The molecule has 0 spiro atoms. The number of rotatable bonds is 2. The predicted molar refractivity (Wildman–Crippen MR) is 56.0 cm³/mol. The molecular formula is C8H9Cl2N3. The van der Waals surface area contributed by atoms with Crippen LogP contribution in [0.5, 0.6) is 0 Å². The van der Waals surface area contributed by atoms with Crippen molar-refractivity contribution in [1.29, 1.82) is 0 Å². The summed E-state index contributed by atoms with van der Waals surface area (Å²) >= 11 is 11.7. The fourth-order valence-electron chi connectivity index (χ4n) is 0.847. The summed E-state index contributed by atoms with van der Waals surface area (Å²) in [6.45, 7) is 0.349. The van der Waals surface area contributed by atoms with Crippen LogP contribution in [0.4, 0.5) is 0 Å². The van der Waals surface area contributed by atoms with Gasteiger partial charge in [0.1, 0.15) is 0 Å². The first-order valence-electron chi connectivity index (χ1n) is 3.59. The van der Waals surface area contributed by atoms with Gasteiger partial charge in [-0.3, -0.25) is 0 Å². The number of hydrogen-bond acceptors (Lipinski definition) is 1. The third kappa shape index (κ3) is 2.79. The Morgan fingerprint density at radius 1 is 1.31 bits per heavy atom. The van der Waals surface area contributed by atoms with E-state index in [4.69, 9.17) is 34.7 Å². The molecule has 4 N–H and O–H groups in total. The molecule has 0 atom stereocenters. The molecule has 1 rings (SSSR count). The highest BCUT2D eigenvalue weighted by Crippen LogP contribution is 2.25. The van der Waals surface area contributed by atoms with E-state index in [0.29, 0.717) is 16.6 Å². The van der Waals surface area contributed by atoms with Crippen LogP contribution in [0, 0.1) is 0 Å². The van der Waals surface area contributed by atoms with E-state index in [1.807, 2.05) is 6.07 Å². The lowest BCUT2D eigenvalue weighted by atomic mass is 10.2. The minimum atomic E-state index is 0.0380. The summed E-state index contributed by atoms with van der Waals surface area (Å²) in [6.07, 6.45) is 0. The van der Waals surface area contributed by atoms with Gasteiger partial charge in [0.15, 0.2) is 5.96 Å². The fourth-order valence-corrected chi connectivity index (χ4v) is 1.23. The molecule has 0 aliphatic carbocycles. The number of nitrogens with two attached hydrogens (primary N) is 2. The van der Waals surface area contributed by atoms with E-state index in [0.717, 1.165) is 5.56 Å². The van der Waals surface area contributed by atoms with Crippen LogP contribution in [-0.2, 0) is 6.54 Å². The van der Waals surface area contributed by atoms with Crippen LogP contribution in [0.1, 0.15) is 5.56 Å². The molecule has 0 aliphatic heterocycles. The maximum absolute atomic E-state index is 5.89. The molecule has 0 unspecified atom stereocenters. The van der Waals surface area contributed by atoms with Gasteiger partial charge in [0.2, 0.25) is 0 Å². The van der Waals surface area contributed by atoms with E-state index in [-0.39, 0.29) is 5.96 Å². The Labute approximate surface area is 86.3 Å². The van der Waals surface area contributed by atoms with E-state index in [1.165, 1.54) is 0 Å². The van der Waals surface area contributed by atoms with Crippen molar-refractivity contribution in [2.45, 2.75) is 6.54 Å². The summed E-state index contributed by atoms with van der Waals surface area (Å²) in [4.78, 5) is 3.83. The molecule has 13 heavy (non-hydrogen) atoms. The van der Waals surface area contributed by atoms with Crippen molar-refractivity contribution in [2.24, 2.45) is 16.5 Å². The van der Waals surface area contributed by atoms with Crippen LogP contribution in [-0.4, -0.2) is 5.96 Å². The summed E-state index contributed by atoms with van der Waals surface area (Å²) < 4.78 is 0. The van der Waals surface area contributed by atoms with Crippen molar-refractivity contribution in [3.05, 3.63) is 33.8 Å². The smallest absolute Gasteiger partial charge is 0.186 e. The average molecular weight is 218 g/mol. The maximum Gasteiger partial charge on any atom is 0.186 e. The number of guanidine groups is 1. The van der Waals surface area contributed by atoms with Crippen LogP contribution in [0.25, 0.3) is 0 Å². The van der Waals surface area contributed by atoms with Crippen molar-refractivity contribution in [2.75, 3.05) is 0 Å². The lowest BCUT2D eigenvalue weighted by Gasteiger charge is -2.01. The normalized spacial score (nSPS) is 9.69. The van der Waals surface area contributed by atoms with Crippen LogP contribution in [0.15, 0.2) is 23.2 Å².